The van der Waals surface area contributed by atoms with E-state index in [0.717, 1.165) is 51.0 Å². The van der Waals surface area contributed by atoms with Crippen molar-refractivity contribution in [3.63, 3.8) is 0 Å². The summed E-state index contributed by atoms with van der Waals surface area (Å²) in [5, 5.41) is 9.80. The maximum absolute atomic E-state index is 11.6. The molecule has 0 radical (unpaired) electrons. The first kappa shape index (κ1) is 17.9. The van der Waals surface area contributed by atoms with Gasteiger partial charge in [-0.25, -0.2) is 4.79 Å². The zero-order valence-corrected chi connectivity index (χ0v) is 14.7. The number of rotatable bonds is 6. The van der Waals surface area contributed by atoms with Gasteiger partial charge in [0.1, 0.15) is 11.3 Å². The van der Waals surface area contributed by atoms with Crippen LogP contribution >= 0.6 is 11.6 Å². The highest BCUT2D eigenvalue weighted by Gasteiger charge is 2.39. The normalized spacial score (nSPS) is 17.0. The van der Waals surface area contributed by atoms with E-state index >= 15 is 0 Å². The number of hydrogen-bond acceptors (Lipinski definition) is 3. The van der Waals surface area contributed by atoms with Crippen molar-refractivity contribution in [3.8, 4) is 5.75 Å². The number of unbranched alkanes of at least 4 members (excludes halogenated alkanes) is 1. The van der Waals surface area contributed by atoms with Crippen molar-refractivity contribution in [2.45, 2.75) is 39.0 Å². The van der Waals surface area contributed by atoms with Crippen LogP contribution in [0.15, 0.2) is 6.07 Å². The van der Waals surface area contributed by atoms with Crippen LogP contribution in [0.25, 0.3) is 0 Å². The molecule has 0 aliphatic carbocycles. The summed E-state index contributed by atoms with van der Waals surface area (Å²) in [6.07, 6.45) is 5.52. The summed E-state index contributed by atoms with van der Waals surface area (Å²) in [4.78, 5) is 11.6. The molecule has 2 rings (SSSR count). The molecule has 1 aliphatic rings. The van der Waals surface area contributed by atoms with Crippen molar-refractivity contribution < 1.29 is 14.6 Å². The summed E-state index contributed by atoms with van der Waals surface area (Å²) >= 11 is 6.25. The van der Waals surface area contributed by atoms with Crippen LogP contribution in [0.1, 0.15) is 49.4 Å². The number of nitrogens with two attached hydrogens (primary N) is 1. The Labute approximate surface area is 142 Å². The predicted molar refractivity (Wildman–Crippen MR) is 94.5 cm³/mol. The van der Waals surface area contributed by atoms with Gasteiger partial charge in [-0.15, -0.1) is 0 Å². The summed E-state index contributed by atoms with van der Waals surface area (Å²) < 4.78 is 6.17. The number of likely N-dealkylation sites (tertiary alicyclic amines) is 1. The number of carboxylic acids is 1. The van der Waals surface area contributed by atoms with Crippen LogP contribution in [0, 0.1) is 0 Å². The van der Waals surface area contributed by atoms with Gasteiger partial charge in [0.2, 0.25) is 5.69 Å². The molecule has 5 nitrogen and oxygen atoms in total. The fourth-order valence-electron chi connectivity index (χ4n) is 3.61. The largest absolute Gasteiger partial charge is 0.490 e. The van der Waals surface area contributed by atoms with E-state index in [4.69, 9.17) is 22.1 Å². The predicted octanol–water partition coefficient (Wildman–Crippen LogP) is 3.92. The lowest BCUT2D eigenvalue weighted by atomic mass is 10.0. The molecule has 1 aliphatic heterocycles. The average molecular weight is 342 g/mol. The van der Waals surface area contributed by atoms with Gasteiger partial charge in [-0.2, -0.15) is 0 Å². The Morgan fingerprint density at radius 2 is 2.04 bits per heavy atom. The number of carboxylic acid groups (broad SMARTS) is 1. The van der Waals surface area contributed by atoms with Crippen LogP contribution in [0.3, 0.4) is 0 Å². The Hall–Kier alpha value is -1.46. The van der Waals surface area contributed by atoms with Crippen molar-refractivity contribution in [3.05, 3.63) is 16.7 Å². The lowest BCUT2D eigenvalue weighted by Crippen LogP contribution is -2.54. The molecule has 1 fully saturated rings. The van der Waals surface area contributed by atoms with Crippen molar-refractivity contribution in [2.24, 2.45) is 0 Å². The maximum atomic E-state index is 11.6. The van der Waals surface area contributed by atoms with E-state index in [2.05, 4.69) is 6.92 Å². The Morgan fingerprint density at radius 3 is 2.57 bits per heavy atom. The molecule has 1 aromatic carbocycles. The molecule has 0 atom stereocenters. The molecule has 23 heavy (non-hydrogen) atoms. The molecule has 6 heteroatoms. The Morgan fingerprint density at radius 1 is 1.39 bits per heavy atom. The molecule has 1 aromatic rings. The molecule has 0 saturated carbocycles. The van der Waals surface area contributed by atoms with Crippen molar-refractivity contribution >= 4 is 28.9 Å². The molecule has 1 heterocycles. The number of hydrogen-bond donors (Lipinski definition) is 2. The summed E-state index contributed by atoms with van der Waals surface area (Å²) in [7, 11) is 1.50. The van der Waals surface area contributed by atoms with E-state index in [1.165, 1.54) is 19.6 Å². The van der Waals surface area contributed by atoms with E-state index < -0.39 is 5.97 Å². The second-order valence-electron chi connectivity index (χ2n) is 6.24. The second kappa shape index (κ2) is 7.41. The Kier molecular flexibility index (Phi) is 5.76. The zero-order valence-electron chi connectivity index (χ0n) is 13.9. The molecular formula is C17H26ClN2O3+. The molecule has 128 valence electrons. The monoisotopic (exact) mass is 341 g/mol. The fourth-order valence-corrected chi connectivity index (χ4v) is 3.81. The van der Waals surface area contributed by atoms with Crippen LogP contribution < -0.4 is 15.0 Å². The van der Waals surface area contributed by atoms with Crippen molar-refractivity contribution in [1.29, 1.82) is 0 Å². The quantitative estimate of drug-likeness (QED) is 0.607. The third-order valence-corrected chi connectivity index (χ3v) is 5.08. The van der Waals surface area contributed by atoms with E-state index in [9.17, 15) is 9.90 Å². The fraction of sp³-hybridized carbons (Fsp3) is 0.588. The molecular weight excluding hydrogens is 316 g/mol. The zero-order chi connectivity index (χ0) is 17.0. The summed E-state index contributed by atoms with van der Waals surface area (Å²) in [6, 6.07) is 1.39. The third-order valence-electron chi connectivity index (χ3n) is 4.76. The van der Waals surface area contributed by atoms with E-state index in [0.29, 0.717) is 15.9 Å². The highest BCUT2D eigenvalue weighted by atomic mass is 35.5. The van der Waals surface area contributed by atoms with Crippen molar-refractivity contribution in [1.82, 2.24) is 4.48 Å². The van der Waals surface area contributed by atoms with Crippen LogP contribution in [-0.2, 0) is 0 Å². The minimum Gasteiger partial charge on any atom is -0.490 e. The average Bonchev–Trinajstić information content (AvgIpc) is 2.55. The maximum Gasteiger partial charge on any atom is 0.339 e. The van der Waals surface area contributed by atoms with Gasteiger partial charge >= 0.3 is 5.97 Å². The minimum atomic E-state index is -1.05. The van der Waals surface area contributed by atoms with Crippen LogP contribution in [-0.4, -0.2) is 37.8 Å². The number of benzene rings is 1. The molecule has 0 amide bonds. The first-order chi connectivity index (χ1) is 11.0. The van der Waals surface area contributed by atoms with Crippen molar-refractivity contribution in [2.75, 3.05) is 32.5 Å². The molecule has 3 N–H and O–H groups in total. The Balaban J connectivity index is 2.68. The van der Waals surface area contributed by atoms with Gasteiger partial charge in [-0.3, -0.25) is 4.48 Å². The Bertz CT molecular complexity index is 584. The van der Waals surface area contributed by atoms with E-state index in [-0.39, 0.29) is 10.6 Å². The van der Waals surface area contributed by atoms with E-state index in [1.807, 2.05) is 0 Å². The highest BCUT2D eigenvalue weighted by Crippen LogP contribution is 2.47. The summed E-state index contributed by atoms with van der Waals surface area (Å²) in [6.45, 7) is 4.97. The standard InChI is InChI=1S/C17H25ClN2O3/c1-3-4-8-20(9-6-5-7-10-20)15-14(19)13(18)11-12(17(21)22)16(15)23-2/h11H,3-10,19H2,1-2H3/p+1. The van der Waals surface area contributed by atoms with Gasteiger partial charge in [0.15, 0.2) is 5.75 Å². The van der Waals surface area contributed by atoms with Gasteiger partial charge in [-0.1, -0.05) is 24.9 Å². The van der Waals surface area contributed by atoms with Gasteiger partial charge in [0, 0.05) is 0 Å². The number of ether oxygens (including phenoxy) is 1. The third kappa shape index (κ3) is 3.40. The topological polar surface area (TPSA) is 72.6 Å². The second-order valence-corrected chi connectivity index (χ2v) is 6.64. The van der Waals surface area contributed by atoms with E-state index in [1.54, 1.807) is 0 Å². The smallest absolute Gasteiger partial charge is 0.339 e. The number of nitrogen functional groups attached to an aromatic ring is 1. The lowest BCUT2D eigenvalue weighted by molar-refractivity contribution is 0.0693. The van der Waals surface area contributed by atoms with Gasteiger partial charge < -0.3 is 15.6 Å². The number of quaternary nitrogens is 1. The van der Waals surface area contributed by atoms with Crippen LogP contribution in [0.5, 0.6) is 5.75 Å². The summed E-state index contributed by atoms with van der Waals surface area (Å²) in [5.74, 6) is -0.687. The number of methoxy groups -OCH3 is 1. The SMILES string of the molecule is CCCC[N+]1(c2c(N)c(Cl)cc(C(=O)O)c2OC)CCCCC1. The number of anilines is 1. The molecule has 0 spiro atoms. The first-order valence-corrected chi connectivity index (χ1v) is 8.60. The number of piperidine rings is 1. The number of carbonyl (C=O) groups is 1. The van der Waals surface area contributed by atoms with Crippen LogP contribution in [0.4, 0.5) is 11.4 Å². The minimum absolute atomic E-state index is 0.0845. The lowest BCUT2D eigenvalue weighted by Gasteiger charge is -2.42. The number of halogens is 1. The molecule has 0 bridgehead atoms. The number of nitrogens with zero attached hydrogens (tertiary/aromatic N) is 1. The molecule has 1 saturated heterocycles. The van der Waals surface area contributed by atoms with Gasteiger partial charge in [-0.05, 0) is 31.7 Å². The number of aromatic carboxylic acids is 1. The highest BCUT2D eigenvalue weighted by molar-refractivity contribution is 6.34. The summed E-state index contributed by atoms with van der Waals surface area (Å²) in [5.41, 5.74) is 7.59. The first-order valence-electron chi connectivity index (χ1n) is 8.22. The van der Waals surface area contributed by atoms with Gasteiger partial charge in [0.25, 0.3) is 0 Å². The van der Waals surface area contributed by atoms with Gasteiger partial charge in [0.05, 0.1) is 31.8 Å². The molecule has 0 unspecified atom stereocenters. The van der Waals surface area contributed by atoms with Crippen LogP contribution in [0.2, 0.25) is 5.02 Å². The molecule has 0 aromatic heterocycles.